The summed E-state index contributed by atoms with van der Waals surface area (Å²) in [7, 11) is 0. The van der Waals surface area contributed by atoms with E-state index in [-0.39, 0.29) is 0 Å². The third kappa shape index (κ3) is 4.16. The Morgan fingerprint density at radius 1 is 1.24 bits per heavy atom. The molecule has 0 saturated carbocycles. The third-order valence-electron chi connectivity index (χ3n) is 3.12. The van der Waals surface area contributed by atoms with Gasteiger partial charge in [0.05, 0.1) is 0 Å². The Balaban J connectivity index is 2.25. The van der Waals surface area contributed by atoms with Gasteiger partial charge in [0.1, 0.15) is 17.4 Å². The van der Waals surface area contributed by atoms with E-state index in [9.17, 15) is 0 Å². The van der Waals surface area contributed by atoms with Crippen LogP contribution in [0, 0.1) is 0 Å². The van der Waals surface area contributed by atoms with Gasteiger partial charge in [0.25, 0.3) is 0 Å². The van der Waals surface area contributed by atoms with Gasteiger partial charge in [-0.25, -0.2) is 10.8 Å². The second-order valence-electron chi connectivity index (χ2n) is 5.23. The highest BCUT2D eigenvalue weighted by Gasteiger charge is 2.07. The van der Waals surface area contributed by atoms with Crippen LogP contribution in [-0.4, -0.2) is 9.97 Å². The van der Waals surface area contributed by atoms with Crippen molar-refractivity contribution >= 4 is 5.82 Å². The van der Waals surface area contributed by atoms with Crippen molar-refractivity contribution in [1.29, 1.82) is 0 Å². The number of nitrogen functional groups attached to an aromatic ring is 1. The highest BCUT2D eigenvalue weighted by molar-refractivity contribution is 5.39. The van der Waals surface area contributed by atoms with E-state index >= 15 is 0 Å². The molecule has 2 rings (SSSR count). The Morgan fingerprint density at radius 2 is 2.05 bits per heavy atom. The molecule has 0 saturated heterocycles. The Kier molecular flexibility index (Phi) is 5.11. The van der Waals surface area contributed by atoms with Crippen molar-refractivity contribution in [2.45, 2.75) is 39.5 Å². The van der Waals surface area contributed by atoms with Crippen molar-refractivity contribution in [3.05, 3.63) is 41.7 Å². The topological polar surface area (TPSA) is 73.1 Å². The second kappa shape index (κ2) is 7.04. The van der Waals surface area contributed by atoms with Crippen molar-refractivity contribution in [2.75, 3.05) is 5.43 Å². The Labute approximate surface area is 125 Å². The molecular formula is C16H22N4O. The zero-order chi connectivity index (χ0) is 15.2. The lowest BCUT2D eigenvalue weighted by atomic mass is 10.0. The normalized spacial score (nSPS) is 10.7. The maximum absolute atomic E-state index is 5.85. The Morgan fingerprint density at radius 3 is 2.71 bits per heavy atom. The number of nitrogens with two attached hydrogens (primary N) is 1. The number of hydrazine groups is 1. The number of aryl methyl sites for hydroxylation is 1. The molecule has 1 heterocycles. The van der Waals surface area contributed by atoms with E-state index in [2.05, 4.69) is 42.2 Å². The highest BCUT2D eigenvalue weighted by atomic mass is 16.5. The number of nitrogens with one attached hydrogen (secondary N) is 1. The van der Waals surface area contributed by atoms with Gasteiger partial charge in [-0.1, -0.05) is 32.9 Å². The van der Waals surface area contributed by atoms with Crippen LogP contribution in [-0.2, 0) is 6.42 Å². The van der Waals surface area contributed by atoms with Crippen molar-refractivity contribution in [3.8, 4) is 11.6 Å². The van der Waals surface area contributed by atoms with Crippen molar-refractivity contribution in [1.82, 2.24) is 9.97 Å². The molecule has 5 heteroatoms. The lowest BCUT2D eigenvalue weighted by Gasteiger charge is -2.11. The van der Waals surface area contributed by atoms with E-state index in [0.29, 0.717) is 17.6 Å². The number of anilines is 1. The average molecular weight is 286 g/mol. The molecule has 0 aliphatic heterocycles. The molecule has 3 N–H and O–H groups in total. The predicted molar refractivity (Wildman–Crippen MR) is 84.4 cm³/mol. The Bertz CT molecular complexity index is 599. The monoisotopic (exact) mass is 286 g/mol. The number of nitrogens with zero attached hydrogens (tertiary/aromatic N) is 2. The summed E-state index contributed by atoms with van der Waals surface area (Å²) in [5.74, 6) is 8.45. The zero-order valence-corrected chi connectivity index (χ0v) is 12.8. The van der Waals surface area contributed by atoms with Crippen LogP contribution in [0.3, 0.4) is 0 Å². The lowest BCUT2D eigenvalue weighted by Crippen LogP contribution is -2.10. The molecule has 21 heavy (non-hydrogen) atoms. The quantitative estimate of drug-likeness (QED) is 0.626. The minimum Gasteiger partial charge on any atom is -0.439 e. The molecule has 0 unspecified atom stereocenters. The zero-order valence-electron chi connectivity index (χ0n) is 12.8. The molecule has 0 aliphatic rings. The first-order chi connectivity index (χ1) is 10.1. The SMILES string of the molecule is CCCc1nc(NN)cc(Oc2cccc(C(C)C)c2)n1. The molecule has 0 spiro atoms. The van der Waals surface area contributed by atoms with Crippen LogP contribution >= 0.6 is 0 Å². The van der Waals surface area contributed by atoms with E-state index < -0.39 is 0 Å². The molecule has 0 bridgehead atoms. The first-order valence-corrected chi connectivity index (χ1v) is 7.24. The van der Waals surface area contributed by atoms with Gasteiger partial charge in [-0.15, -0.1) is 0 Å². The maximum atomic E-state index is 5.85. The van der Waals surface area contributed by atoms with Gasteiger partial charge < -0.3 is 10.2 Å². The summed E-state index contributed by atoms with van der Waals surface area (Å²) in [6.45, 7) is 6.39. The summed E-state index contributed by atoms with van der Waals surface area (Å²) < 4.78 is 5.85. The molecule has 1 aromatic heterocycles. The Hall–Kier alpha value is -2.14. The fourth-order valence-electron chi connectivity index (χ4n) is 1.99. The van der Waals surface area contributed by atoms with Gasteiger partial charge in [0.2, 0.25) is 5.88 Å². The van der Waals surface area contributed by atoms with Crippen LogP contribution in [0.5, 0.6) is 11.6 Å². The molecular weight excluding hydrogens is 264 g/mol. The summed E-state index contributed by atoms with van der Waals surface area (Å²) in [6.07, 6.45) is 1.76. The number of benzene rings is 1. The van der Waals surface area contributed by atoms with Gasteiger partial charge in [-0.3, -0.25) is 0 Å². The molecule has 0 aliphatic carbocycles. The fraction of sp³-hybridized carbons (Fsp3) is 0.375. The number of aromatic nitrogens is 2. The van der Waals surface area contributed by atoms with E-state index in [1.165, 1.54) is 5.56 Å². The van der Waals surface area contributed by atoms with Crippen molar-refractivity contribution in [3.63, 3.8) is 0 Å². The average Bonchev–Trinajstić information content (AvgIpc) is 2.47. The second-order valence-corrected chi connectivity index (χ2v) is 5.23. The van der Waals surface area contributed by atoms with Gasteiger partial charge >= 0.3 is 0 Å². The maximum Gasteiger partial charge on any atom is 0.224 e. The smallest absolute Gasteiger partial charge is 0.224 e. The standard InChI is InChI=1S/C16H22N4O/c1-4-6-14-18-15(20-17)10-16(19-14)21-13-8-5-7-12(9-13)11(2)3/h5,7-11H,4,6,17H2,1-3H3,(H,18,19,20). The minimum absolute atomic E-state index is 0.455. The summed E-state index contributed by atoms with van der Waals surface area (Å²) in [4.78, 5) is 8.71. The van der Waals surface area contributed by atoms with Crippen LogP contribution in [0.25, 0.3) is 0 Å². The van der Waals surface area contributed by atoms with Crippen LogP contribution in [0.1, 0.15) is 44.5 Å². The molecule has 0 fully saturated rings. The van der Waals surface area contributed by atoms with Gasteiger partial charge in [-0.2, -0.15) is 4.98 Å². The summed E-state index contributed by atoms with van der Waals surface area (Å²) >= 11 is 0. The van der Waals surface area contributed by atoms with Crippen molar-refractivity contribution in [2.24, 2.45) is 5.84 Å². The van der Waals surface area contributed by atoms with E-state index in [1.54, 1.807) is 6.07 Å². The number of hydrogen-bond acceptors (Lipinski definition) is 5. The van der Waals surface area contributed by atoms with Crippen LogP contribution in [0.2, 0.25) is 0 Å². The molecule has 0 amide bonds. The summed E-state index contributed by atoms with van der Waals surface area (Å²) in [5.41, 5.74) is 3.78. The first kappa shape index (κ1) is 15.3. The van der Waals surface area contributed by atoms with Crippen LogP contribution in [0.4, 0.5) is 5.82 Å². The fourth-order valence-corrected chi connectivity index (χ4v) is 1.99. The van der Waals surface area contributed by atoms with Crippen molar-refractivity contribution < 1.29 is 4.74 Å². The highest BCUT2D eigenvalue weighted by Crippen LogP contribution is 2.25. The number of hydrogen-bond donors (Lipinski definition) is 2. The molecule has 5 nitrogen and oxygen atoms in total. The predicted octanol–water partition coefficient (Wildman–Crippen LogP) is 3.63. The number of ether oxygens (including phenoxy) is 1. The van der Waals surface area contributed by atoms with E-state index in [1.807, 2.05) is 18.2 Å². The molecule has 2 aromatic rings. The minimum atomic E-state index is 0.455. The van der Waals surface area contributed by atoms with Gasteiger partial charge in [-0.05, 0) is 30.0 Å². The molecule has 0 radical (unpaired) electrons. The van der Waals surface area contributed by atoms with E-state index in [4.69, 9.17) is 10.6 Å². The van der Waals surface area contributed by atoms with Crippen LogP contribution < -0.4 is 16.0 Å². The van der Waals surface area contributed by atoms with Gasteiger partial charge in [0.15, 0.2) is 0 Å². The van der Waals surface area contributed by atoms with E-state index in [0.717, 1.165) is 24.4 Å². The first-order valence-electron chi connectivity index (χ1n) is 7.24. The summed E-state index contributed by atoms with van der Waals surface area (Å²) in [5, 5.41) is 0. The van der Waals surface area contributed by atoms with Crippen LogP contribution in [0.15, 0.2) is 30.3 Å². The summed E-state index contributed by atoms with van der Waals surface area (Å²) in [6, 6.07) is 9.72. The molecule has 112 valence electrons. The van der Waals surface area contributed by atoms with Gasteiger partial charge in [0, 0.05) is 12.5 Å². The third-order valence-corrected chi connectivity index (χ3v) is 3.12. The lowest BCUT2D eigenvalue weighted by molar-refractivity contribution is 0.457. The number of rotatable bonds is 6. The molecule has 0 atom stereocenters. The molecule has 1 aromatic carbocycles. The largest absolute Gasteiger partial charge is 0.439 e.